The molecular formula is C23H27ClN2O4. The first-order valence-corrected chi connectivity index (χ1v) is 10.4. The minimum atomic E-state index is -0.495. The van der Waals surface area contributed by atoms with Crippen LogP contribution in [0.3, 0.4) is 0 Å². The minimum absolute atomic E-state index is 0.0883. The van der Waals surface area contributed by atoms with Crippen molar-refractivity contribution >= 4 is 23.4 Å². The van der Waals surface area contributed by atoms with Gasteiger partial charge in [0.15, 0.2) is 0 Å². The fourth-order valence-electron chi connectivity index (χ4n) is 3.64. The summed E-state index contributed by atoms with van der Waals surface area (Å²) in [5.41, 5.74) is 1.49. The van der Waals surface area contributed by atoms with Crippen LogP contribution in [0, 0.1) is 6.92 Å². The molecular weight excluding hydrogens is 404 g/mol. The smallest absolute Gasteiger partial charge is 0.258 e. The molecule has 1 fully saturated rings. The third-order valence-corrected chi connectivity index (χ3v) is 5.49. The summed E-state index contributed by atoms with van der Waals surface area (Å²) in [5.74, 6) is 0.897. The Bertz CT molecular complexity index is 918. The summed E-state index contributed by atoms with van der Waals surface area (Å²) in [7, 11) is 3.25. The SMILES string of the molecule is COc1ccc(Cl)cc1C(=O)N1CCCC1C(=O)N(C)CCOc1cccc(C)c1. The Morgan fingerprint density at radius 3 is 2.77 bits per heavy atom. The lowest BCUT2D eigenvalue weighted by Crippen LogP contribution is -2.47. The van der Waals surface area contributed by atoms with Gasteiger partial charge in [-0.05, 0) is 55.7 Å². The predicted octanol–water partition coefficient (Wildman–Crippen LogP) is 3.80. The van der Waals surface area contributed by atoms with E-state index in [1.807, 2.05) is 31.2 Å². The van der Waals surface area contributed by atoms with Gasteiger partial charge < -0.3 is 19.3 Å². The molecule has 0 N–H and O–H groups in total. The largest absolute Gasteiger partial charge is 0.496 e. The maximum absolute atomic E-state index is 13.1. The normalized spacial score (nSPS) is 15.7. The number of benzene rings is 2. The first-order valence-electron chi connectivity index (χ1n) is 9.99. The number of rotatable bonds is 7. The molecule has 3 rings (SSSR count). The second-order valence-electron chi connectivity index (χ2n) is 7.43. The molecule has 2 aromatic rings. The molecule has 1 heterocycles. The lowest BCUT2D eigenvalue weighted by Gasteiger charge is -2.28. The Morgan fingerprint density at radius 2 is 2.03 bits per heavy atom. The molecule has 0 radical (unpaired) electrons. The molecule has 7 heteroatoms. The Labute approximate surface area is 182 Å². The van der Waals surface area contributed by atoms with Crippen molar-refractivity contribution in [3.8, 4) is 11.5 Å². The molecule has 1 aliphatic heterocycles. The summed E-state index contributed by atoms with van der Waals surface area (Å²) < 4.78 is 11.1. The zero-order valence-corrected chi connectivity index (χ0v) is 18.3. The molecule has 30 heavy (non-hydrogen) atoms. The molecule has 1 aliphatic rings. The summed E-state index contributed by atoms with van der Waals surface area (Å²) in [6.07, 6.45) is 1.41. The number of carbonyl (C=O) groups is 2. The number of carbonyl (C=O) groups excluding carboxylic acids is 2. The van der Waals surface area contributed by atoms with Crippen LogP contribution in [0.1, 0.15) is 28.8 Å². The number of aryl methyl sites for hydroxylation is 1. The molecule has 1 unspecified atom stereocenters. The Kier molecular flexibility index (Phi) is 7.21. The van der Waals surface area contributed by atoms with Gasteiger partial charge in [-0.2, -0.15) is 0 Å². The molecule has 2 aromatic carbocycles. The number of amides is 2. The van der Waals surface area contributed by atoms with Crippen molar-refractivity contribution in [1.82, 2.24) is 9.80 Å². The standard InChI is InChI=1S/C23H27ClN2O4/c1-16-6-4-7-18(14-16)30-13-12-25(2)23(28)20-8-5-11-26(20)22(27)19-15-17(24)9-10-21(19)29-3/h4,6-7,9-10,14-15,20H,5,8,11-13H2,1-3H3. The number of likely N-dealkylation sites (tertiary alicyclic amines) is 1. The van der Waals surface area contributed by atoms with Gasteiger partial charge in [-0.1, -0.05) is 23.7 Å². The highest BCUT2D eigenvalue weighted by Crippen LogP contribution is 2.28. The third kappa shape index (κ3) is 5.05. The highest BCUT2D eigenvalue weighted by atomic mass is 35.5. The van der Waals surface area contributed by atoms with Gasteiger partial charge in [-0.15, -0.1) is 0 Å². The zero-order valence-electron chi connectivity index (χ0n) is 17.6. The Balaban J connectivity index is 1.63. The van der Waals surface area contributed by atoms with E-state index < -0.39 is 6.04 Å². The Morgan fingerprint density at radius 1 is 1.23 bits per heavy atom. The van der Waals surface area contributed by atoms with Crippen molar-refractivity contribution in [1.29, 1.82) is 0 Å². The van der Waals surface area contributed by atoms with Crippen molar-refractivity contribution in [2.75, 3.05) is 33.9 Å². The molecule has 6 nitrogen and oxygen atoms in total. The number of methoxy groups -OCH3 is 1. The van der Waals surface area contributed by atoms with Gasteiger partial charge in [0.1, 0.15) is 24.1 Å². The average Bonchev–Trinajstić information content (AvgIpc) is 3.22. The van der Waals surface area contributed by atoms with Crippen molar-refractivity contribution in [3.63, 3.8) is 0 Å². The number of ether oxygens (including phenoxy) is 2. The summed E-state index contributed by atoms with van der Waals surface area (Å²) in [6, 6.07) is 12.2. The molecule has 0 aromatic heterocycles. The average molecular weight is 431 g/mol. The van der Waals surface area contributed by atoms with E-state index in [0.717, 1.165) is 17.7 Å². The van der Waals surface area contributed by atoms with Crippen molar-refractivity contribution in [2.45, 2.75) is 25.8 Å². The van der Waals surface area contributed by atoms with Crippen molar-refractivity contribution in [2.24, 2.45) is 0 Å². The van der Waals surface area contributed by atoms with Crippen LogP contribution in [0.5, 0.6) is 11.5 Å². The summed E-state index contributed by atoms with van der Waals surface area (Å²) in [4.78, 5) is 29.4. The van der Waals surface area contributed by atoms with Gasteiger partial charge in [0, 0.05) is 18.6 Å². The highest BCUT2D eigenvalue weighted by Gasteiger charge is 2.37. The first-order chi connectivity index (χ1) is 14.4. The quantitative estimate of drug-likeness (QED) is 0.670. The van der Waals surface area contributed by atoms with Crippen LogP contribution in [0.15, 0.2) is 42.5 Å². The highest BCUT2D eigenvalue weighted by molar-refractivity contribution is 6.31. The molecule has 160 valence electrons. The number of halogens is 1. The fourth-order valence-corrected chi connectivity index (χ4v) is 3.81. The van der Waals surface area contributed by atoms with Crippen LogP contribution in [0.2, 0.25) is 5.02 Å². The van der Waals surface area contributed by atoms with E-state index in [-0.39, 0.29) is 11.8 Å². The zero-order chi connectivity index (χ0) is 21.7. The van der Waals surface area contributed by atoms with Crippen LogP contribution in [0.4, 0.5) is 0 Å². The number of nitrogens with zero attached hydrogens (tertiary/aromatic N) is 2. The molecule has 0 bridgehead atoms. The van der Waals surface area contributed by atoms with Gasteiger partial charge in [-0.3, -0.25) is 9.59 Å². The van der Waals surface area contributed by atoms with Crippen LogP contribution in [0.25, 0.3) is 0 Å². The van der Waals surface area contributed by atoms with E-state index >= 15 is 0 Å². The molecule has 0 saturated carbocycles. The Hall–Kier alpha value is -2.73. The van der Waals surface area contributed by atoms with Crippen molar-refractivity contribution in [3.05, 3.63) is 58.6 Å². The van der Waals surface area contributed by atoms with E-state index in [2.05, 4.69) is 0 Å². The third-order valence-electron chi connectivity index (χ3n) is 5.25. The molecule has 2 amide bonds. The summed E-state index contributed by atoms with van der Waals surface area (Å²) in [6.45, 7) is 3.35. The van der Waals surface area contributed by atoms with Crippen molar-refractivity contribution < 1.29 is 19.1 Å². The fraction of sp³-hybridized carbons (Fsp3) is 0.391. The van der Waals surface area contributed by atoms with Gasteiger partial charge in [-0.25, -0.2) is 0 Å². The second kappa shape index (κ2) is 9.85. The van der Waals surface area contributed by atoms with E-state index in [9.17, 15) is 9.59 Å². The maximum atomic E-state index is 13.1. The molecule has 1 saturated heterocycles. The monoisotopic (exact) mass is 430 g/mol. The summed E-state index contributed by atoms with van der Waals surface area (Å²) >= 11 is 6.08. The molecule has 1 atom stereocenters. The van der Waals surface area contributed by atoms with E-state index in [4.69, 9.17) is 21.1 Å². The number of hydrogen-bond acceptors (Lipinski definition) is 4. The van der Waals surface area contributed by atoms with E-state index in [1.165, 1.54) is 7.11 Å². The lowest BCUT2D eigenvalue weighted by molar-refractivity contribution is -0.134. The second-order valence-corrected chi connectivity index (χ2v) is 7.86. The van der Waals surface area contributed by atoms with E-state index in [0.29, 0.717) is 42.5 Å². The van der Waals surface area contributed by atoms with Crippen LogP contribution in [-0.4, -0.2) is 61.5 Å². The van der Waals surface area contributed by atoms with Gasteiger partial charge >= 0.3 is 0 Å². The molecule has 0 spiro atoms. The minimum Gasteiger partial charge on any atom is -0.496 e. The van der Waals surface area contributed by atoms with Crippen LogP contribution in [-0.2, 0) is 4.79 Å². The predicted molar refractivity (Wildman–Crippen MR) is 116 cm³/mol. The maximum Gasteiger partial charge on any atom is 0.258 e. The van der Waals surface area contributed by atoms with Gasteiger partial charge in [0.25, 0.3) is 5.91 Å². The van der Waals surface area contributed by atoms with Gasteiger partial charge in [0.05, 0.1) is 19.2 Å². The van der Waals surface area contributed by atoms with Crippen LogP contribution >= 0.6 is 11.6 Å². The topological polar surface area (TPSA) is 59.1 Å². The first kappa shape index (κ1) is 22.0. The molecule has 0 aliphatic carbocycles. The summed E-state index contributed by atoms with van der Waals surface area (Å²) in [5, 5.41) is 0.451. The van der Waals surface area contributed by atoms with Gasteiger partial charge in [0.2, 0.25) is 5.91 Å². The lowest BCUT2D eigenvalue weighted by atomic mass is 10.1. The number of hydrogen-bond donors (Lipinski definition) is 0. The van der Waals surface area contributed by atoms with Crippen LogP contribution < -0.4 is 9.47 Å². The number of likely N-dealkylation sites (N-methyl/N-ethyl adjacent to an activating group) is 1. The van der Waals surface area contributed by atoms with E-state index in [1.54, 1.807) is 35.0 Å².